The van der Waals surface area contributed by atoms with Gasteiger partial charge in [-0.25, -0.2) is 0 Å². The van der Waals surface area contributed by atoms with Crippen molar-refractivity contribution in [2.75, 3.05) is 44.8 Å². The van der Waals surface area contributed by atoms with Gasteiger partial charge in [0, 0.05) is 39.0 Å². The van der Waals surface area contributed by atoms with Gasteiger partial charge in [-0.2, -0.15) is 13.2 Å². The Balaban J connectivity index is 2.19. The number of alkyl halides is 3. The molecule has 1 heterocycles. The molecule has 0 aliphatic carbocycles. The highest BCUT2D eigenvalue weighted by Crippen LogP contribution is 2.30. The quantitative estimate of drug-likeness (QED) is 0.925. The van der Waals surface area contributed by atoms with E-state index >= 15 is 0 Å². The number of nitrogens with zero attached hydrogens (tertiary/aromatic N) is 1. The Labute approximate surface area is 123 Å². The first-order valence-electron chi connectivity index (χ1n) is 7.11. The maximum absolute atomic E-state index is 13.0. The van der Waals surface area contributed by atoms with E-state index in [4.69, 9.17) is 4.74 Å². The third kappa shape index (κ3) is 4.35. The third-order valence-corrected chi connectivity index (χ3v) is 3.76. The average molecular weight is 302 g/mol. The molecule has 1 aliphatic rings. The molecular formula is C15H21F3N2O. The summed E-state index contributed by atoms with van der Waals surface area (Å²) in [4.78, 5) is 1.84. The number of anilines is 1. The second-order valence-electron chi connectivity index (χ2n) is 5.26. The highest BCUT2D eigenvalue weighted by Gasteiger charge is 2.41. The topological polar surface area (TPSA) is 24.5 Å². The van der Waals surface area contributed by atoms with Crippen LogP contribution < -0.4 is 10.2 Å². The van der Waals surface area contributed by atoms with E-state index in [-0.39, 0.29) is 13.1 Å². The van der Waals surface area contributed by atoms with E-state index in [0.717, 1.165) is 11.3 Å². The monoisotopic (exact) mass is 302 g/mol. The number of para-hydroxylation sites is 1. The first-order valence-corrected chi connectivity index (χ1v) is 7.11. The summed E-state index contributed by atoms with van der Waals surface area (Å²) in [6.07, 6.45) is -3.47. The largest absolute Gasteiger partial charge is 0.394 e. The normalized spacial score (nSPS) is 20.4. The molecule has 1 fully saturated rings. The van der Waals surface area contributed by atoms with Gasteiger partial charge < -0.3 is 15.0 Å². The van der Waals surface area contributed by atoms with Crippen LogP contribution in [0.1, 0.15) is 5.56 Å². The summed E-state index contributed by atoms with van der Waals surface area (Å²) in [7, 11) is 1.62. The molecule has 0 bridgehead atoms. The second-order valence-corrected chi connectivity index (χ2v) is 5.26. The number of rotatable bonds is 4. The van der Waals surface area contributed by atoms with Crippen LogP contribution in [0.2, 0.25) is 0 Å². The number of ether oxygens (including phenoxy) is 1. The van der Waals surface area contributed by atoms with Gasteiger partial charge in [0.05, 0.1) is 12.5 Å². The van der Waals surface area contributed by atoms with Gasteiger partial charge in [0.2, 0.25) is 0 Å². The molecule has 0 radical (unpaired) electrons. The van der Waals surface area contributed by atoms with Crippen molar-refractivity contribution >= 4 is 5.69 Å². The van der Waals surface area contributed by atoms with Gasteiger partial charge in [-0.3, -0.25) is 0 Å². The van der Waals surface area contributed by atoms with Crippen molar-refractivity contribution in [3.8, 4) is 0 Å². The molecule has 0 amide bonds. The minimum absolute atomic E-state index is 0.000492. The van der Waals surface area contributed by atoms with Gasteiger partial charge in [0.15, 0.2) is 0 Å². The number of hydrogen-bond acceptors (Lipinski definition) is 3. The maximum atomic E-state index is 13.0. The first kappa shape index (κ1) is 16.1. The first-order chi connectivity index (χ1) is 10.0. The predicted molar refractivity (Wildman–Crippen MR) is 76.6 cm³/mol. The Hall–Kier alpha value is -1.27. The Morgan fingerprint density at radius 3 is 2.81 bits per heavy atom. The Morgan fingerprint density at radius 2 is 2.10 bits per heavy atom. The Morgan fingerprint density at radius 1 is 1.33 bits per heavy atom. The average Bonchev–Trinajstić information content (AvgIpc) is 2.71. The molecule has 1 unspecified atom stereocenters. The van der Waals surface area contributed by atoms with Crippen molar-refractivity contribution in [1.29, 1.82) is 0 Å². The van der Waals surface area contributed by atoms with Crippen molar-refractivity contribution in [2.45, 2.75) is 12.6 Å². The fourth-order valence-electron chi connectivity index (χ4n) is 2.59. The molecule has 1 atom stereocenters. The molecule has 21 heavy (non-hydrogen) atoms. The van der Waals surface area contributed by atoms with Gasteiger partial charge in [-0.15, -0.1) is 0 Å². The molecule has 1 aromatic carbocycles. The van der Waals surface area contributed by atoms with Crippen LogP contribution in [-0.4, -0.2) is 46.1 Å². The number of methoxy groups -OCH3 is 1. The molecule has 1 saturated heterocycles. The zero-order valence-corrected chi connectivity index (χ0v) is 12.1. The number of hydrogen-bond donors (Lipinski definition) is 1. The predicted octanol–water partition coefficient (Wildman–Crippen LogP) is 2.46. The summed E-state index contributed by atoms with van der Waals surface area (Å²) in [5.74, 6) is -1.34. The lowest BCUT2D eigenvalue weighted by Crippen LogP contribution is -2.38. The lowest BCUT2D eigenvalue weighted by Gasteiger charge is -2.29. The third-order valence-electron chi connectivity index (χ3n) is 3.76. The summed E-state index contributed by atoms with van der Waals surface area (Å²) in [6.45, 7) is 1.69. The van der Waals surface area contributed by atoms with E-state index < -0.39 is 12.1 Å². The molecule has 0 saturated carbocycles. The molecule has 1 N–H and O–H groups in total. The SMILES string of the molecule is COCCc1ccccc1N1CCNCC(C(F)(F)F)C1. The van der Waals surface area contributed by atoms with Crippen LogP contribution in [0.5, 0.6) is 0 Å². The van der Waals surface area contributed by atoms with E-state index in [1.54, 1.807) is 7.11 Å². The molecule has 0 spiro atoms. The number of halogens is 3. The van der Waals surface area contributed by atoms with E-state index in [1.165, 1.54) is 0 Å². The molecule has 1 aromatic rings. The number of nitrogens with one attached hydrogen (secondary N) is 1. The van der Waals surface area contributed by atoms with E-state index in [2.05, 4.69) is 5.32 Å². The van der Waals surface area contributed by atoms with Crippen LogP contribution in [0.15, 0.2) is 24.3 Å². The molecule has 3 nitrogen and oxygen atoms in total. The fourth-order valence-corrected chi connectivity index (χ4v) is 2.59. The van der Waals surface area contributed by atoms with Gasteiger partial charge in [-0.05, 0) is 18.1 Å². The second kappa shape index (κ2) is 7.13. The molecule has 6 heteroatoms. The smallest absolute Gasteiger partial charge is 0.384 e. The van der Waals surface area contributed by atoms with E-state index in [0.29, 0.717) is 26.1 Å². The highest BCUT2D eigenvalue weighted by molar-refractivity contribution is 5.54. The lowest BCUT2D eigenvalue weighted by atomic mass is 10.1. The number of benzene rings is 1. The van der Waals surface area contributed by atoms with Crippen LogP contribution >= 0.6 is 0 Å². The van der Waals surface area contributed by atoms with Crippen molar-refractivity contribution in [2.24, 2.45) is 5.92 Å². The zero-order valence-electron chi connectivity index (χ0n) is 12.1. The van der Waals surface area contributed by atoms with Crippen molar-refractivity contribution < 1.29 is 17.9 Å². The minimum atomic E-state index is -4.17. The van der Waals surface area contributed by atoms with Crippen LogP contribution in [-0.2, 0) is 11.2 Å². The Kier molecular flexibility index (Phi) is 5.47. The summed E-state index contributed by atoms with van der Waals surface area (Å²) in [5, 5.41) is 2.88. The van der Waals surface area contributed by atoms with Crippen LogP contribution in [0.4, 0.5) is 18.9 Å². The molecule has 1 aliphatic heterocycles. The summed E-state index contributed by atoms with van der Waals surface area (Å²) >= 11 is 0. The summed E-state index contributed by atoms with van der Waals surface area (Å²) < 4.78 is 44.2. The van der Waals surface area contributed by atoms with Gasteiger partial charge in [0.25, 0.3) is 0 Å². The highest BCUT2D eigenvalue weighted by atomic mass is 19.4. The van der Waals surface area contributed by atoms with Crippen molar-refractivity contribution in [1.82, 2.24) is 5.32 Å². The maximum Gasteiger partial charge on any atom is 0.394 e. The standard InChI is InChI=1S/C15H21F3N2O/c1-21-9-6-12-4-2-3-5-14(12)20-8-7-19-10-13(11-20)15(16,17)18/h2-5,13,19H,6-11H2,1H3. The van der Waals surface area contributed by atoms with Gasteiger partial charge in [-0.1, -0.05) is 18.2 Å². The molecular weight excluding hydrogens is 281 g/mol. The molecule has 2 rings (SSSR count). The van der Waals surface area contributed by atoms with Crippen molar-refractivity contribution in [3.63, 3.8) is 0 Å². The van der Waals surface area contributed by atoms with Gasteiger partial charge in [0.1, 0.15) is 0 Å². The van der Waals surface area contributed by atoms with Crippen LogP contribution in [0, 0.1) is 5.92 Å². The molecule has 0 aromatic heterocycles. The van der Waals surface area contributed by atoms with E-state index in [9.17, 15) is 13.2 Å². The van der Waals surface area contributed by atoms with Crippen LogP contribution in [0.3, 0.4) is 0 Å². The molecule has 118 valence electrons. The minimum Gasteiger partial charge on any atom is -0.384 e. The fraction of sp³-hybridized carbons (Fsp3) is 0.600. The van der Waals surface area contributed by atoms with Crippen molar-refractivity contribution in [3.05, 3.63) is 29.8 Å². The Bertz CT molecular complexity index is 451. The zero-order chi connectivity index (χ0) is 15.3. The van der Waals surface area contributed by atoms with Crippen LogP contribution in [0.25, 0.3) is 0 Å². The lowest BCUT2D eigenvalue weighted by molar-refractivity contribution is -0.169. The summed E-state index contributed by atoms with van der Waals surface area (Å²) in [6, 6.07) is 7.62. The summed E-state index contributed by atoms with van der Waals surface area (Å²) in [5.41, 5.74) is 1.91. The van der Waals surface area contributed by atoms with Gasteiger partial charge >= 0.3 is 6.18 Å². The van der Waals surface area contributed by atoms with E-state index in [1.807, 2.05) is 29.2 Å².